The summed E-state index contributed by atoms with van der Waals surface area (Å²) in [6, 6.07) is -3.01. The van der Waals surface area contributed by atoms with Gasteiger partial charge in [-0.3, -0.25) is 19.4 Å². The lowest BCUT2D eigenvalue weighted by Crippen LogP contribution is -2.55. The molecule has 0 fully saturated rings. The zero-order valence-corrected chi connectivity index (χ0v) is 17.4. The van der Waals surface area contributed by atoms with Crippen molar-refractivity contribution in [1.29, 1.82) is 0 Å². The molecule has 3 amide bonds. The van der Waals surface area contributed by atoms with Crippen LogP contribution in [0.15, 0.2) is 4.99 Å². The molecular formula is C16H31N7O5S. The zero-order valence-electron chi connectivity index (χ0n) is 16.6. The van der Waals surface area contributed by atoms with Gasteiger partial charge in [-0.25, -0.2) is 4.79 Å². The van der Waals surface area contributed by atoms with Gasteiger partial charge in [-0.1, -0.05) is 13.8 Å². The normalized spacial score (nSPS) is 13.7. The summed E-state index contributed by atoms with van der Waals surface area (Å²) in [7, 11) is 0. The topological polar surface area (TPSA) is 215 Å². The van der Waals surface area contributed by atoms with Crippen LogP contribution >= 0.6 is 12.6 Å². The van der Waals surface area contributed by atoms with Crippen molar-refractivity contribution < 1.29 is 24.3 Å². The van der Waals surface area contributed by atoms with Crippen molar-refractivity contribution in [2.24, 2.45) is 28.1 Å². The molecule has 0 aromatic rings. The summed E-state index contributed by atoms with van der Waals surface area (Å²) in [4.78, 5) is 51.3. The second-order valence-electron chi connectivity index (χ2n) is 6.64. The summed E-state index contributed by atoms with van der Waals surface area (Å²) in [5, 5.41) is 16.5. The van der Waals surface area contributed by atoms with E-state index in [9.17, 15) is 24.3 Å². The van der Waals surface area contributed by atoms with E-state index in [0.29, 0.717) is 6.42 Å². The first-order valence-electron chi connectivity index (χ1n) is 9.01. The number of hydrogen-bond acceptors (Lipinski definition) is 7. The standard InChI is InChI=1S/C16H31N7O5S/c1-8(2)12(23-11(24)6-21-13(25)9(17)7-29)14(26)22-10(15(27)28)4-3-5-20-16(18)19/h8-10,12,29H,3-7,17H2,1-2H3,(H,21,25)(H,22,26)(H,23,24)(H,27,28)(H4,18,19,20). The molecule has 0 radical (unpaired) electrons. The maximum atomic E-state index is 12.5. The fourth-order valence-corrected chi connectivity index (χ4v) is 2.33. The minimum absolute atomic E-state index is 0.105. The molecule has 0 rings (SSSR count). The van der Waals surface area contributed by atoms with Gasteiger partial charge in [0.25, 0.3) is 0 Å². The number of carbonyl (C=O) groups is 4. The van der Waals surface area contributed by atoms with Crippen molar-refractivity contribution in [3.63, 3.8) is 0 Å². The van der Waals surface area contributed by atoms with Crippen molar-refractivity contribution in [1.82, 2.24) is 16.0 Å². The Morgan fingerprint density at radius 2 is 1.72 bits per heavy atom. The van der Waals surface area contributed by atoms with E-state index in [1.165, 1.54) is 0 Å². The Morgan fingerprint density at radius 3 is 2.21 bits per heavy atom. The summed E-state index contributed by atoms with van der Waals surface area (Å²) in [5.74, 6) is -3.35. The molecule has 0 saturated carbocycles. The Bertz CT molecular complexity index is 610. The SMILES string of the molecule is CC(C)C(NC(=O)CNC(=O)C(N)CS)C(=O)NC(CCCN=C(N)N)C(=O)O. The van der Waals surface area contributed by atoms with E-state index in [2.05, 4.69) is 33.6 Å². The first-order chi connectivity index (χ1) is 13.5. The third-order valence-corrected chi connectivity index (χ3v) is 4.18. The van der Waals surface area contributed by atoms with Crippen LogP contribution < -0.4 is 33.2 Å². The number of hydrogen-bond donors (Lipinski definition) is 8. The van der Waals surface area contributed by atoms with Gasteiger partial charge in [-0.2, -0.15) is 12.6 Å². The molecule has 29 heavy (non-hydrogen) atoms. The average molecular weight is 434 g/mol. The summed E-state index contributed by atoms with van der Waals surface area (Å²) >= 11 is 3.89. The lowest BCUT2D eigenvalue weighted by Gasteiger charge is -2.24. The number of carboxylic acids is 1. The number of nitrogens with one attached hydrogen (secondary N) is 3. The van der Waals surface area contributed by atoms with Crippen molar-refractivity contribution >= 4 is 42.3 Å². The quantitative estimate of drug-likeness (QED) is 0.0651. The second-order valence-corrected chi connectivity index (χ2v) is 7.01. The molecule has 12 nitrogen and oxygen atoms in total. The number of thiol groups is 1. The molecule has 3 atom stereocenters. The Balaban J connectivity index is 4.80. The summed E-state index contributed by atoms with van der Waals surface area (Å²) in [6.07, 6.45) is 0.444. The Hall–Kier alpha value is -2.54. The number of amides is 3. The maximum absolute atomic E-state index is 12.5. The van der Waals surface area contributed by atoms with Crippen LogP contribution in [0.4, 0.5) is 0 Å². The minimum atomic E-state index is -1.22. The van der Waals surface area contributed by atoms with E-state index in [0.717, 1.165) is 0 Å². The molecule has 166 valence electrons. The third-order valence-electron chi connectivity index (χ3n) is 3.78. The van der Waals surface area contributed by atoms with Crippen LogP contribution in [0.2, 0.25) is 0 Å². The molecule has 0 aliphatic heterocycles. The highest BCUT2D eigenvalue weighted by Crippen LogP contribution is 2.05. The fraction of sp³-hybridized carbons (Fsp3) is 0.688. The number of aliphatic carboxylic acids is 1. The first kappa shape index (κ1) is 26.5. The monoisotopic (exact) mass is 433 g/mol. The van der Waals surface area contributed by atoms with Crippen molar-refractivity contribution in [3.8, 4) is 0 Å². The van der Waals surface area contributed by atoms with E-state index in [4.69, 9.17) is 17.2 Å². The van der Waals surface area contributed by atoms with Crippen molar-refractivity contribution in [2.45, 2.75) is 44.8 Å². The molecule has 0 heterocycles. The van der Waals surface area contributed by atoms with Gasteiger partial charge in [-0.05, 0) is 18.8 Å². The van der Waals surface area contributed by atoms with Gasteiger partial charge >= 0.3 is 5.97 Å². The Morgan fingerprint density at radius 1 is 1.10 bits per heavy atom. The van der Waals surface area contributed by atoms with Gasteiger partial charge in [0.05, 0.1) is 12.6 Å². The van der Waals surface area contributed by atoms with E-state index in [1.54, 1.807) is 13.8 Å². The van der Waals surface area contributed by atoms with Gasteiger partial charge in [0.15, 0.2) is 5.96 Å². The number of carboxylic acid groups (broad SMARTS) is 1. The van der Waals surface area contributed by atoms with Gasteiger partial charge in [0, 0.05) is 12.3 Å². The Labute approximate surface area is 174 Å². The predicted octanol–water partition coefficient (Wildman–Crippen LogP) is -2.88. The molecule has 0 aliphatic rings. The van der Waals surface area contributed by atoms with Gasteiger partial charge in [-0.15, -0.1) is 0 Å². The van der Waals surface area contributed by atoms with Gasteiger partial charge in [0.1, 0.15) is 12.1 Å². The zero-order chi connectivity index (χ0) is 22.6. The first-order valence-corrected chi connectivity index (χ1v) is 9.64. The molecule has 10 N–H and O–H groups in total. The number of rotatable bonds is 13. The molecule has 0 aliphatic carbocycles. The lowest BCUT2D eigenvalue weighted by atomic mass is 10.0. The highest BCUT2D eigenvalue weighted by Gasteiger charge is 2.28. The molecule has 13 heteroatoms. The van der Waals surface area contributed by atoms with Crippen LogP contribution in [0, 0.1) is 5.92 Å². The number of nitrogens with two attached hydrogens (primary N) is 3. The van der Waals surface area contributed by atoms with Crippen molar-refractivity contribution in [3.05, 3.63) is 0 Å². The minimum Gasteiger partial charge on any atom is -0.480 e. The van der Waals surface area contributed by atoms with E-state index >= 15 is 0 Å². The molecule has 0 spiro atoms. The second kappa shape index (κ2) is 13.6. The highest BCUT2D eigenvalue weighted by molar-refractivity contribution is 7.80. The van der Waals surface area contributed by atoms with E-state index < -0.39 is 41.8 Å². The molecule has 0 bridgehead atoms. The number of guanidine groups is 1. The maximum Gasteiger partial charge on any atom is 0.326 e. The van der Waals surface area contributed by atoms with Crippen LogP contribution in [0.1, 0.15) is 26.7 Å². The highest BCUT2D eigenvalue weighted by atomic mass is 32.1. The smallest absolute Gasteiger partial charge is 0.326 e. The van der Waals surface area contributed by atoms with E-state index in [-0.39, 0.29) is 37.1 Å². The van der Waals surface area contributed by atoms with Crippen molar-refractivity contribution in [2.75, 3.05) is 18.8 Å². The van der Waals surface area contributed by atoms with Gasteiger partial charge in [0.2, 0.25) is 17.7 Å². The predicted molar refractivity (Wildman–Crippen MR) is 111 cm³/mol. The summed E-state index contributed by atoms with van der Waals surface area (Å²) in [5.41, 5.74) is 15.9. The summed E-state index contributed by atoms with van der Waals surface area (Å²) < 4.78 is 0. The molecular weight excluding hydrogens is 402 g/mol. The number of aliphatic imine (C=N–C) groups is 1. The largest absolute Gasteiger partial charge is 0.480 e. The molecule has 3 unspecified atom stereocenters. The van der Waals surface area contributed by atoms with Crippen LogP contribution in [0.5, 0.6) is 0 Å². The molecule has 0 aromatic heterocycles. The summed E-state index contributed by atoms with van der Waals surface area (Å²) in [6.45, 7) is 3.22. The van der Waals surface area contributed by atoms with Crippen LogP contribution in [0.3, 0.4) is 0 Å². The van der Waals surface area contributed by atoms with Gasteiger partial charge < -0.3 is 38.3 Å². The number of nitrogens with zero attached hydrogens (tertiary/aromatic N) is 1. The van der Waals surface area contributed by atoms with Crippen LogP contribution in [-0.4, -0.2) is 71.7 Å². The van der Waals surface area contributed by atoms with Crippen LogP contribution in [-0.2, 0) is 19.2 Å². The Kier molecular flexibility index (Phi) is 12.4. The molecule has 0 saturated heterocycles. The van der Waals surface area contributed by atoms with E-state index in [1.807, 2.05) is 0 Å². The molecule has 0 aromatic carbocycles. The van der Waals surface area contributed by atoms with Crippen LogP contribution in [0.25, 0.3) is 0 Å². The average Bonchev–Trinajstić information content (AvgIpc) is 2.64. The lowest BCUT2D eigenvalue weighted by molar-refractivity contribution is -0.142. The number of carbonyl (C=O) groups excluding carboxylic acids is 3. The fourth-order valence-electron chi connectivity index (χ4n) is 2.16. The third kappa shape index (κ3) is 11.1.